The number of carbonyl (C=O) groups excluding carboxylic acids is 1. The van der Waals surface area contributed by atoms with E-state index in [-0.39, 0.29) is 11.9 Å². The first kappa shape index (κ1) is 16.3. The number of piperidine rings is 1. The van der Waals surface area contributed by atoms with Crippen LogP contribution in [0.5, 0.6) is 0 Å². The summed E-state index contributed by atoms with van der Waals surface area (Å²) in [6.45, 7) is 6.28. The minimum Gasteiger partial charge on any atom is -0.328 e. The Balaban J connectivity index is 1.89. The molecule has 0 saturated carbocycles. The number of carbonyl (C=O) groups is 1. The van der Waals surface area contributed by atoms with E-state index in [0.717, 1.165) is 37.2 Å². The van der Waals surface area contributed by atoms with E-state index >= 15 is 0 Å². The normalized spacial score (nSPS) is 21.0. The Morgan fingerprint density at radius 1 is 1.57 bits per heavy atom. The molecule has 1 aliphatic heterocycles. The first-order valence-electron chi connectivity index (χ1n) is 7.49. The van der Waals surface area contributed by atoms with Crippen molar-refractivity contribution in [3.63, 3.8) is 0 Å². The molecule has 1 fully saturated rings. The summed E-state index contributed by atoms with van der Waals surface area (Å²) in [6, 6.07) is 5.67. The fourth-order valence-corrected chi connectivity index (χ4v) is 3.05. The van der Waals surface area contributed by atoms with E-state index in [0.29, 0.717) is 17.5 Å². The summed E-state index contributed by atoms with van der Waals surface area (Å²) in [5, 5.41) is 3.64. The Morgan fingerprint density at radius 3 is 3.00 bits per heavy atom. The molecule has 5 heteroatoms. The number of amides is 1. The van der Waals surface area contributed by atoms with Crippen molar-refractivity contribution in [2.75, 3.05) is 25.0 Å². The predicted octanol–water partition coefficient (Wildman–Crippen LogP) is 2.65. The molecule has 116 valence electrons. The Hall–Kier alpha value is -1.10. The van der Waals surface area contributed by atoms with E-state index in [4.69, 9.17) is 17.3 Å². The molecule has 1 aromatic rings. The number of likely N-dealkylation sites (tertiary alicyclic amines) is 1. The maximum absolute atomic E-state index is 12.2. The second kappa shape index (κ2) is 7.25. The van der Waals surface area contributed by atoms with Crippen LogP contribution in [0.25, 0.3) is 0 Å². The van der Waals surface area contributed by atoms with Crippen LogP contribution in [0, 0.1) is 12.8 Å². The van der Waals surface area contributed by atoms with Crippen LogP contribution in [-0.4, -0.2) is 36.5 Å². The van der Waals surface area contributed by atoms with Gasteiger partial charge >= 0.3 is 0 Å². The van der Waals surface area contributed by atoms with Gasteiger partial charge in [-0.15, -0.1) is 0 Å². The number of anilines is 1. The highest BCUT2D eigenvalue weighted by Crippen LogP contribution is 2.21. The Labute approximate surface area is 131 Å². The first-order chi connectivity index (χ1) is 9.95. The number of aryl methyl sites for hydroxylation is 1. The highest BCUT2D eigenvalue weighted by Gasteiger charge is 2.23. The topological polar surface area (TPSA) is 58.4 Å². The molecule has 0 aliphatic carbocycles. The number of nitrogens with two attached hydrogens (primary N) is 1. The van der Waals surface area contributed by atoms with Crippen LogP contribution < -0.4 is 11.1 Å². The standard InChI is InChI=1S/C16H24ClN3O/c1-11-8-14(17)5-6-15(11)19-16(21)10-20-7-3-4-13(9-20)12(2)18/h5-6,8,12-13H,3-4,7,9-10,18H2,1-2H3,(H,19,21). The molecule has 1 heterocycles. The van der Waals surface area contributed by atoms with Crippen molar-refractivity contribution in [1.82, 2.24) is 4.90 Å². The van der Waals surface area contributed by atoms with Crippen LogP contribution in [0.2, 0.25) is 5.02 Å². The van der Waals surface area contributed by atoms with Crippen LogP contribution in [0.15, 0.2) is 18.2 Å². The van der Waals surface area contributed by atoms with Gasteiger partial charge in [0.1, 0.15) is 0 Å². The fourth-order valence-electron chi connectivity index (χ4n) is 2.82. The number of hydrogen-bond donors (Lipinski definition) is 2. The molecule has 0 spiro atoms. The van der Waals surface area contributed by atoms with Crippen molar-refractivity contribution in [2.45, 2.75) is 32.7 Å². The molecule has 21 heavy (non-hydrogen) atoms. The van der Waals surface area contributed by atoms with Crippen molar-refractivity contribution < 1.29 is 4.79 Å². The molecule has 0 bridgehead atoms. The lowest BCUT2D eigenvalue weighted by Crippen LogP contribution is -2.45. The van der Waals surface area contributed by atoms with Gasteiger partial charge in [-0.05, 0) is 62.9 Å². The smallest absolute Gasteiger partial charge is 0.238 e. The number of hydrogen-bond acceptors (Lipinski definition) is 3. The fraction of sp³-hybridized carbons (Fsp3) is 0.562. The van der Waals surface area contributed by atoms with Gasteiger partial charge in [-0.2, -0.15) is 0 Å². The lowest BCUT2D eigenvalue weighted by atomic mass is 9.92. The largest absolute Gasteiger partial charge is 0.328 e. The van der Waals surface area contributed by atoms with E-state index in [1.54, 1.807) is 6.07 Å². The third kappa shape index (κ3) is 4.70. The third-order valence-corrected chi connectivity index (χ3v) is 4.35. The van der Waals surface area contributed by atoms with E-state index in [1.165, 1.54) is 0 Å². The highest BCUT2D eigenvalue weighted by atomic mass is 35.5. The van der Waals surface area contributed by atoms with Gasteiger partial charge in [-0.3, -0.25) is 9.69 Å². The van der Waals surface area contributed by atoms with Crippen molar-refractivity contribution >= 4 is 23.2 Å². The van der Waals surface area contributed by atoms with Gasteiger partial charge in [0.15, 0.2) is 0 Å². The van der Waals surface area contributed by atoms with E-state index in [2.05, 4.69) is 10.2 Å². The van der Waals surface area contributed by atoms with Gasteiger partial charge in [-0.25, -0.2) is 0 Å². The van der Waals surface area contributed by atoms with Gasteiger partial charge in [0.05, 0.1) is 6.54 Å². The summed E-state index contributed by atoms with van der Waals surface area (Å²) in [6.07, 6.45) is 2.27. The molecule has 2 rings (SSSR count). The quantitative estimate of drug-likeness (QED) is 0.899. The summed E-state index contributed by atoms with van der Waals surface area (Å²) in [5.74, 6) is 0.509. The highest BCUT2D eigenvalue weighted by molar-refractivity contribution is 6.30. The molecule has 1 aromatic carbocycles. The SMILES string of the molecule is Cc1cc(Cl)ccc1NC(=O)CN1CCCC(C(C)N)C1. The molecule has 4 nitrogen and oxygen atoms in total. The van der Waals surface area contributed by atoms with Gasteiger partial charge in [0.25, 0.3) is 0 Å². The van der Waals surface area contributed by atoms with Crippen LogP contribution in [0.3, 0.4) is 0 Å². The molecule has 2 unspecified atom stereocenters. The van der Waals surface area contributed by atoms with Gasteiger partial charge in [0, 0.05) is 23.3 Å². The van der Waals surface area contributed by atoms with Crippen molar-refractivity contribution in [1.29, 1.82) is 0 Å². The van der Waals surface area contributed by atoms with Crippen LogP contribution >= 0.6 is 11.6 Å². The lowest BCUT2D eigenvalue weighted by molar-refractivity contribution is -0.117. The van der Waals surface area contributed by atoms with E-state index in [1.807, 2.05) is 26.0 Å². The zero-order chi connectivity index (χ0) is 15.4. The number of rotatable bonds is 4. The van der Waals surface area contributed by atoms with Crippen molar-refractivity contribution in [3.05, 3.63) is 28.8 Å². The Kier molecular flexibility index (Phi) is 5.62. The van der Waals surface area contributed by atoms with Gasteiger partial charge in [-0.1, -0.05) is 11.6 Å². The Bertz CT molecular complexity index is 504. The monoisotopic (exact) mass is 309 g/mol. The zero-order valence-corrected chi connectivity index (χ0v) is 13.5. The maximum Gasteiger partial charge on any atom is 0.238 e. The average molecular weight is 310 g/mol. The molecule has 2 atom stereocenters. The van der Waals surface area contributed by atoms with Crippen molar-refractivity contribution in [2.24, 2.45) is 11.7 Å². The molecular weight excluding hydrogens is 286 g/mol. The number of benzene rings is 1. The summed E-state index contributed by atoms with van der Waals surface area (Å²) >= 11 is 5.92. The first-order valence-corrected chi connectivity index (χ1v) is 7.87. The number of halogens is 1. The minimum absolute atomic E-state index is 0.0192. The van der Waals surface area contributed by atoms with Crippen LogP contribution in [-0.2, 0) is 4.79 Å². The molecular formula is C16H24ClN3O. The number of nitrogens with one attached hydrogen (secondary N) is 1. The van der Waals surface area contributed by atoms with E-state index < -0.39 is 0 Å². The molecule has 1 aliphatic rings. The maximum atomic E-state index is 12.2. The summed E-state index contributed by atoms with van der Waals surface area (Å²) < 4.78 is 0. The van der Waals surface area contributed by atoms with Gasteiger partial charge < -0.3 is 11.1 Å². The molecule has 0 aromatic heterocycles. The molecule has 1 amide bonds. The Morgan fingerprint density at radius 2 is 2.33 bits per heavy atom. The number of nitrogens with zero attached hydrogens (tertiary/aromatic N) is 1. The molecule has 3 N–H and O–H groups in total. The second-order valence-electron chi connectivity index (χ2n) is 6.00. The molecule has 1 saturated heterocycles. The summed E-state index contributed by atoms with van der Waals surface area (Å²) in [5.41, 5.74) is 7.78. The van der Waals surface area contributed by atoms with E-state index in [9.17, 15) is 4.79 Å². The lowest BCUT2D eigenvalue weighted by Gasteiger charge is -2.34. The second-order valence-corrected chi connectivity index (χ2v) is 6.44. The minimum atomic E-state index is 0.0192. The zero-order valence-electron chi connectivity index (χ0n) is 12.7. The van der Waals surface area contributed by atoms with Crippen molar-refractivity contribution in [3.8, 4) is 0 Å². The van der Waals surface area contributed by atoms with Gasteiger partial charge in [0.2, 0.25) is 5.91 Å². The van der Waals surface area contributed by atoms with Crippen LogP contribution in [0.1, 0.15) is 25.3 Å². The predicted molar refractivity (Wildman–Crippen MR) is 87.6 cm³/mol. The summed E-state index contributed by atoms with van der Waals surface area (Å²) in [4.78, 5) is 14.4. The summed E-state index contributed by atoms with van der Waals surface area (Å²) in [7, 11) is 0. The van der Waals surface area contributed by atoms with Crippen LogP contribution in [0.4, 0.5) is 5.69 Å². The molecule has 0 radical (unpaired) electrons. The average Bonchev–Trinajstić information content (AvgIpc) is 2.42. The third-order valence-electron chi connectivity index (χ3n) is 4.12.